The van der Waals surface area contributed by atoms with Crippen LogP contribution in [0.2, 0.25) is 0 Å². The number of benzene rings is 2. The Morgan fingerprint density at radius 3 is 2.41 bits per heavy atom. The van der Waals surface area contributed by atoms with Crippen LogP contribution in [0.15, 0.2) is 66.7 Å². The maximum absolute atomic E-state index is 13.5. The molecule has 4 rings (SSSR count). The molecule has 1 unspecified atom stereocenters. The molecule has 44 heavy (non-hydrogen) atoms. The highest BCUT2D eigenvalue weighted by molar-refractivity contribution is 8.14. The van der Waals surface area contributed by atoms with Gasteiger partial charge in [-0.15, -0.1) is 0 Å². The lowest BCUT2D eigenvalue weighted by atomic mass is 9.93. The van der Waals surface area contributed by atoms with E-state index in [1.165, 1.54) is 6.08 Å². The topological polar surface area (TPSA) is 123 Å². The quantitative estimate of drug-likeness (QED) is 0.325. The number of nitrogens with one attached hydrogen (secondary N) is 2. The van der Waals surface area contributed by atoms with Crippen LogP contribution >= 0.6 is 11.8 Å². The summed E-state index contributed by atoms with van der Waals surface area (Å²) >= 11 is 0.965. The van der Waals surface area contributed by atoms with Crippen LogP contribution in [0.4, 0.5) is 0 Å². The minimum absolute atomic E-state index is 0.0376. The molecule has 9 nitrogen and oxygen atoms in total. The lowest BCUT2D eigenvalue weighted by Gasteiger charge is -2.25. The van der Waals surface area contributed by atoms with E-state index in [9.17, 15) is 19.2 Å². The van der Waals surface area contributed by atoms with Crippen LogP contribution in [0.5, 0.6) is 5.75 Å². The van der Waals surface area contributed by atoms with Gasteiger partial charge in [-0.2, -0.15) is 0 Å². The highest BCUT2D eigenvalue weighted by Gasteiger charge is 2.47. The maximum Gasteiger partial charge on any atom is 0.319 e. The molecular formula is C34H42N2O7S. The minimum atomic E-state index is -0.857. The summed E-state index contributed by atoms with van der Waals surface area (Å²) in [5.74, 6) is -0.631. The van der Waals surface area contributed by atoms with E-state index in [4.69, 9.17) is 14.2 Å². The number of ether oxygens (including phenoxy) is 3. The van der Waals surface area contributed by atoms with Gasteiger partial charge in [-0.25, -0.2) is 0 Å². The number of hydrogen-bond donors (Lipinski definition) is 2. The summed E-state index contributed by atoms with van der Waals surface area (Å²) in [6, 6.07) is 16.3. The molecule has 10 heteroatoms. The molecule has 1 fully saturated rings. The third kappa shape index (κ3) is 9.69. The van der Waals surface area contributed by atoms with Crippen molar-refractivity contribution in [1.82, 2.24) is 10.6 Å². The number of methoxy groups -OCH3 is 1. The number of carbonyl (C=O) groups is 4. The van der Waals surface area contributed by atoms with Crippen molar-refractivity contribution in [3.63, 3.8) is 0 Å². The van der Waals surface area contributed by atoms with Crippen molar-refractivity contribution in [2.24, 2.45) is 11.8 Å². The molecule has 2 aliphatic rings. The van der Waals surface area contributed by atoms with Gasteiger partial charge in [0.15, 0.2) is 5.12 Å². The number of rotatable bonds is 8. The number of carbonyl (C=O) groups excluding carboxylic acids is 4. The molecule has 2 heterocycles. The third-order valence-electron chi connectivity index (χ3n) is 7.75. The van der Waals surface area contributed by atoms with Gasteiger partial charge in [0.2, 0.25) is 11.8 Å². The van der Waals surface area contributed by atoms with Crippen LogP contribution in [-0.2, 0) is 35.1 Å². The van der Waals surface area contributed by atoms with Crippen LogP contribution < -0.4 is 15.4 Å². The molecule has 1 saturated heterocycles. The van der Waals surface area contributed by atoms with Crippen LogP contribution in [0.3, 0.4) is 0 Å². The van der Waals surface area contributed by atoms with E-state index in [0.29, 0.717) is 12.2 Å². The number of amides is 2. The van der Waals surface area contributed by atoms with Crippen molar-refractivity contribution in [2.45, 2.75) is 76.1 Å². The molecule has 0 aliphatic carbocycles. The molecule has 2 N–H and O–H groups in total. The van der Waals surface area contributed by atoms with E-state index in [1.807, 2.05) is 63.2 Å². The monoisotopic (exact) mass is 622 g/mol. The number of hydrogen-bond acceptors (Lipinski definition) is 8. The Morgan fingerprint density at radius 2 is 1.73 bits per heavy atom. The molecule has 0 radical (unpaired) electrons. The summed E-state index contributed by atoms with van der Waals surface area (Å²) in [6.07, 6.45) is 3.23. The van der Waals surface area contributed by atoms with Crippen molar-refractivity contribution in [2.75, 3.05) is 13.7 Å². The van der Waals surface area contributed by atoms with E-state index in [0.717, 1.165) is 22.9 Å². The molecule has 236 valence electrons. The first-order valence-electron chi connectivity index (χ1n) is 15.1. The van der Waals surface area contributed by atoms with Crippen LogP contribution in [0.25, 0.3) is 0 Å². The van der Waals surface area contributed by atoms with Crippen LogP contribution in [-0.4, -0.2) is 60.1 Å². The lowest BCUT2D eigenvalue weighted by Crippen LogP contribution is -2.48. The van der Waals surface area contributed by atoms with Crippen molar-refractivity contribution in [3.8, 4) is 5.75 Å². The predicted octanol–water partition coefficient (Wildman–Crippen LogP) is 4.55. The zero-order valence-electron chi connectivity index (χ0n) is 25.7. The largest absolute Gasteiger partial charge is 0.497 e. The molecule has 2 amide bonds. The van der Waals surface area contributed by atoms with Crippen molar-refractivity contribution < 1.29 is 33.4 Å². The Morgan fingerprint density at radius 1 is 1.00 bits per heavy atom. The van der Waals surface area contributed by atoms with E-state index in [1.54, 1.807) is 25.3 Å². The second-order valence-electron chi connectivity index (χ2n) is 11.7. The number of cyclic esters (lactones) is 1. The van der Waals surface area contributed by atoms with Crippen LogP contribution in [0, 0.1) is 11.8 Å². The van der Waals surface area contributed by atoms with Gasteiger partial charge in [-0.05, 0) is 41.7 Å². The third-order valence-corrected chi connectivity index (χ3v) is 8.88. The number of thioether (sulfide) groups is 1. The Labute approximate surface area is 263 Å². The van der Waals surface area contributed by atoms with Gasteiger partial charge in [0.05, 0.1) is 13.2 Å². The zero-order chi connectivity index (χ0) is 31.6. The fourth-order valence-corrected chi connectivity index (χ4v) is 6.40. The van der Waals surface area contributed by atoms with Gasteiger partial charge in [0.1, 0.15) is 29.2 Å². The number of epoxide rings is 1. The van der Waals surface area contributed by atoms with Crippen molar-refractivity contribution in [3.05, 3.63) is 77.9 Å². The van der Waals surface area contributed by atoms with Crippen LogP contribution in [0.1, 0.15) is 57.3 Å². The molecule has 2 aromatic rings. The molecule has 2 aliphatic heterocycles. The van der Waals surface area contributed by atoms with Gasteiger partial charge in [-0.3, -0.25) is 19.2 Å². The SMILES string of the molecule is COc1ccc(CC2NC(=O)/C=C/C[C@@H]([C@H](C)[C@H]3O[C@@H]3c3ccccc3)OC(=O)[C@H](CC(C)C)SC(=O)CCNC2=O)cc1. The van der Waals surface area contributed by atoms with Gasteiger partial charge >= 0.3 is 5.97 Å². The average molecular weight is 623 g/mol. The Kier molecular flexibility index (Phi) is 12.0. The first-order valence-corrected chi connectivity index (χ1v) is 16.0. The van der Waals surface area contributed by atoms with E-state index in [-0.39, 0.29) is 55.0 Å². The summed E-state index contributed by atoms with van der Waals surface area (Å²) < 4.78 is 17.3. The van der Waals surface area contributed by atoms with Gasteiger partial charge in [-0.1, -0.05) is 81.1 Å². The first kappa shape index (κ1) is 33.3. The van der Waals surface area contributed by atoms with Crippen molar-refractivity contribution >= 4 is 34.7 Å². The van der Waals surface area contributed by atoms with Crippen molar-refractivity contribution in [1.29, 1.82) is 0 Å². The summed E-state index contributed by atoms with van der Waals surface area (Å²) in [5.41, 5.74) is 1.89. The maximum atomic E-state index is 13.5. The summed E-state index contributed by atoms with van der Waals surface area (Å²) in [6.45, 7) is 6.04. The van der Waals surface area contributed by atoms with E-state index in [2.05, 4.69) is 10.6 Å². The molecule has 2 aromatic carbocycles. The first-order chi connectivity index (χ1) is 21.1. The fourth-order valence-electron chi connectivity index (χ4n) is 5.23. The Hall–Kier alpha value is -3.63. The standard InChI is InChI=1S/C34H42N2O7S/c1-21(2)19-28-34(40)42-27(22(3)31-32(43-31)24-9-6-5-7-10-24)11-8-12-29(37)36-26(33(39)35-18-17-30(38)44-28)20-23-13-15-25(41-4)16-14-23/h5-10,12-16,21-22,26-28,31-32H,11,17-20H2,1-4H3,(H,35,39)(H,36,37)/b12-8+/t22-,26?,27-,28-,31+,32+/m0/s1. The highest BCUT2D eigenvalue weighted by Crippen LogP contribution is 2.45. The fraction of sp³-hybridized carbons (Fsp3) is 0.471. The second kappa shape index (κ2) is 15.9. The molecule has 0 spiro atoms. The van der Waals surface area contributed by atoms with Gasteiger partial charge in [0.25, 0.3) is 0 Å². The lowest BCUT2D eigenvalue weighted by molar-refractivity contribution is -0.151. The Bertz CT molecular complexity index is 1310. The van der Waals surface area contributed by atoms with Gasteiger partial charge < -0.3 is 24.8 Å². The number of esters is 1. The minimum Gasteiger partial charge on any atom is -0.497 e. The molecule has 6 atom stereocenters. The molecule has 0 saturated carbocycles. The summed E-state index contributed by atoms with van der Waals surface area (Å²) in [4.78, 5) is 52.5. The highest BCUT2D eigenvalue weighted by atomic mass is 32.2. The summed E-state index contributed by atoms with van der Waals surface area (Å²) in [7, 11) is 1.58. The van der Waals surface area contributed by atoms with E-state index >= 15 is 0 Å². The predicted molar refractivity (Wildman–Crippen MR) is 169 cm³/mol. The second-order valence-corrected chi connectivity index (χ2v) is 12.9. The summed E-state index contributed by atoms with van der Waals surface area (Å²) in [5, 5.41) is 4.67. The average Bonchev–Trinajstić information content (AvgIpc) is 3.81. The van der Waals surface area contributed by atoms with E-state index < -0.39 is 35.2 Å². The molecule has 0 aromatic heterocycles. The van der Waals surface area contributed by atoms with Gasteiger partial charge in [0, 0.05) is 31.7 Å². The molecule has 0 bridgehead atoms. The smallest absolute Gasteiger partial charge is 0.319 e. The normalized spacial score (nSPS) is 26.7. The Balaban J connectivity index is 1.54. The zero-order valence-corrected chi connectivity index (χ0v) is 26.5. The molecular weight excluding hydrogens is 580 g/mol.